The van der Waals surface area contributed by atoms with E-state index in [1.54, 1.807) is 14.0 Å². The van der Waals surface area contributed by atoms with Crippen molar-refractivity contribution in [3.63, 3.8) is 0 Å². The van der Waals surface area contributed by atoms with E-state index < -0.39 is 0 Å². The Morgan fingerprint density at radius 3 is 2.37 bits per heavy atom. The molecule has 3 heterocycles. The summed E-state index contributed by atoms with van der Waals surface area (Å²) in [6, 6.07) is 18.2. The SMILES string of the molecule is COCCN(Cc1ccccn1)C(Cc1ccccc1)C1CCN(C2CCN(C(C)=O)CC2)CC1. The molecular weight excluding hydrogens is 436 g/mol. The van der Waals surface area contributed by atoms with E-state index in [4.69, 9.17) is 4.74 Å². The van der Waals surface area contributed by atoms with Crippen LogP contribution in [0.5, 0.6) is 0 Å². The van der Waals surface area contributed by atoms with E-state index >= 15 is 0 Å². The van der Waals surface area contributed by atoms with Crippen LogP contribution in [0, 0.1) is 5.92 Å². The second-order valence-corrected chi connectivity index (χ2v) is 10.2. The first-order valence-electron chi connectivity index (χ1n) is 13.3. The zero-order valence-electron chi connectivity index (χ0n) is 21.5. The van der Waals surface area contributed by atoms with E-state index in [1.165, 1.54) is 18.4 Å². The summed E-state index contributed by atoms with van der Waals surface area (Å²) < 4.78 is 5.52. The van der Waals surface area contributed by atoms with Crippen LogP contribution in [0.15, 0.2) is 54.7 Å². The van der Waals surface area contributed by atoms with Crippen LogP contribution in [0.2, 0.25) is 0 Å². The zero-order valence-corrected chi connectivity index (χ0v) is 21.5. The predicted octanol–water partition coefficient (Wildman–Crippen LogP) is 3.86. The normalized spacial score (nSPS) is 19.2. The van der Waals surface area contributed by atoms with Gasteiger partial charge in [-0.2, -0.15) is 0 Å². The molecule has 6 nitrogen and oxygen atoms in total. The summed E-state index contributed by atoms with van der Waals surface area (Å²) >= 11 is 0. The first kappa shape index (κ1) is 25.8. The molecule has 2 aromatic rings. The molecule has 1 atom stereocenters. The third-order valence-corrected chi connectivity index (χ3v) is 7.98. The van der Waals surface area contributed by atoms with Crippen molar-refractivity contribution >= 4 is 5.91 Å². The lowest BCUT2D eigenvalue weighted by Gasteiger charge is -2.45. The summed E-state index contributed by atoms with van der Waals surface area (Å²) in [5.74, 6) is 0.860. The van der Waals surface area contributed by atoms with E-state index in [0.29, 0.717) is 18.0 Å². The number of hydrogen-bond donors (Lipinski definition) is 0. The Morgan fingerprint density at radius 1 is 1.03 bits per heavy atom. The quantitative estimate of drug-likeness (QED) is 0.519. The lowest BCUT2D eigenvalue weighted by Crippen LogP contribution is -2.51. The maximum Gasteiger partial charge on any atom is 0.219 e. The van der Waals surface area contributed by atoms with Crippen LogP contribution in [-0.4, -0.2) is 84.1 Å². The van der Waals surface area contributed by atoms with Crippen molar-refractivity contribution in [1.29, 1.82) is 0 Å². The first-order valence-corrected chi connectivity index (χ1v) is 13.3. The van der Waals surface area contributed by atoms with Gasteiger partial charge in [0.1, 0.15) is 0 Å². The highest BCUT2D eigenvalue weighted by Crippen LogP contribution is 2.30. The summed E-state index contributed by atoms with van der Waals surface area (Å²) in [7, 11) is 1.79. The van der Waals surface area contributed by atoms with E-state index in [9.17, 15) is 4.79 Å². The van der Waals surface area contributed by atoms with Crippen molar-refractivity contribution in [3.8, 4) is 0 Å². The van der Waals surface area contributed by atoms with Crippen molar-refractivity contribution in [2.45, 2.75) is 57.7 Å². The largest absolute Gasteiger partial charge is 0.383 e. The van der Waals surface area contributed by atoms with Gasteiger partial charge in [0, 0.05) is 58.5 Å². The number of aromatic nitrogens is 1. The molecule has 0 bridgehead atoms. The Balaban J connectivity index is 1.44. The van der Waals surface area contributed by atoms with Crippen LogP contribution >= 0.6 is 0 Å². The lowest BCUT2D eigenvalue weighted by atomic mass is 9.83. The molecule has 2 aliphatic heterocycles. The standard InChI is InChI=1S/C29H42N4O2/c1-24(34)31-18-13-28(14-19-31)32-16-11-26(12-17-32)29(22-25-8-4-3-5-9-25)33(20-21-35-2)23-27-10-6-7-15-30-27/h3-10,15,26,28-29H,11-14,16-23H2,1-2H3. The average molecular weight is 479 g/mol. The predicted molar refractivity (Wildman–Crippen MR) is 140 cm³/mol. The fourth-order valence-electron chi connectivity index (χ4n) is 5.94. The summed E-state index contributed by atoms with van der Waals surface area (Å²) in [5, 5.41) is 0. The number of carbonyl (C=O) groups is 1. The fraction of sp³-hybridized carbons (Fsp3) is 0.586. The minimum atomic E-state index is 0.218. The van der Waals surface area contributed by atoms with Gasteiger partial charge in [0.05, 0.1) is 12.3 Å². The average Bonchev–Trinajstić information content (AvgIpc) is 2.91. The second-order valence-electron chi connectivity index (χ2n) is 10.2. The minimum absolute atomic E-state index is 0.218. The van der Waals surface area contributed by atoms with Gasteiger partial charge in [0.2, 0.25) is 5.91 Å². The second kappa shape index (κ2) is 13.1. The monoisotopic (exact) mass is 478 g/mol. The van der Waals surface area contributed by atoms with E-state index in [2.05, 4.69) is 57.2 Å². The Bertz CT molecular complexity index is 878. The van der Waals surface area contributed by atoms with Crippen LogP contribution < -0.4 is 0 Å². The number of pyridine rings is 1. The Hall–Kier alpha value is -2.28. The maximum absolute atomic E-state index is 11.7. The first-order chi connectivity index (χ1) is 17.1. The molecule has 1 unspecified atom stereocenters. The number of carbonyl (C=O) groups excluding carboxylic acids is 1. The number of benzene rings is 1. The smallest absolute Gasteiger partial charge is 0.219 e. The number of rotatable bonds is 10. The summed E-state index contributed by atoms with van der Waals surface area (Å²) in [6.07, 6.45) is 7.60. The van der Waals surface area contributed by atoms with Crippen LogP contribution in [0.1, 0.15) is 43.9 Å². The van der Waals surface area contributed by atoms with Gasteiger partial charge in [0.25, 0.3) is 0 Å². The Kier molecular flexibility index (Phi) is 9.69. The molecular formula is C29H42N4O2. The Morgan fingerprint density at radius 2 is 1.74 bits per heavy atom. The third kappa shape index (κ3) is 7.35. The van der Waals surface area contributed by atoms with Crippen LogP contribution in [0.4, 0.5) is 0 Å². The number of piperidine rings is 2. The molecule has 35 heavy (non-hydrogen) atoms. The topological polar surface area (TPSA) is 48.9 Å². The van der Waals surface area contributed by atoms with Gasteiger partial charge in [-0.1, -0.05) is 36.4 Å². The minimum Gasteiger partial charge on any atom is -0.383 e. The van der Waals surface area contributed by atoms with Gasteiger partial charge in [-0.3, -0.25) is 14.7 Å². The van der Waals surface area contributed by atoms with Crippen LogP contribution in [0.3, 0.4) is 0 Å². The molecule has 2 fully saturated rings. The number of hydrogen-bond acceptors (Lipinski definition) is 5. The van der Waals surface area contributed by atoms with Crippen molar-refractivity contribution in [2.75, 3.05) is 46.4 Å². The molecule has 0 N–H and O–H groups in total. The molecule has 6 heteroatoms. The van der Waals surface area contributed by atoms with Crippen LogP contribution in [0.25, 0.3) is 0 Å². The zero-order chi connectivity index (χ0) is 24.5. The highest BCUT2D eigenvalue weighted by molar-refractivity contribution is 5.73. The molecule has 1 aromatic heterocycles. The molecule has 0 saturated carbocycles. The van der Waals surface area contributed by atoms with Gasteiger partial charge in [0.15, 0.2) is 0 Å². The van der Waals surface area contributed by atoms with E-state index in [0.717, 1.165) is 70.8 Å². The molecule has 190 valence electrons. The molecule has 0 radical (unpaired) electrons. The molecule has 1 amide bonds. The molecule has 4 rings (SSSR count). The maximum atomic E-state index is 11.7. The Labute approximate surface area is 211 Å². The van der Waals surface area contributed by atoms with Gasteiger partial charge >= 0.3 is 0 Å². The highest BCUT2D eigenvalue weighted by atomic mass is 16.5. The number of ether oxygens (including phenoxy) is 1. The molecule has 0 spiro atoms. The fourth-order valence-corrected chi connectivity index (χ4v) is 5.94. The number of nitrogens with zero attached hydrogens (tertiary/aromatic N) is 4. The summed E-state index contributed by atoms with van der Waals surface area (Å²) in [4.78, 5) is 23.7. The van der Waals surface area contributed by atoms with Crippen molar-refractivity contribution in [2.24, 2.45) is 5.92 Å². The van der Waals surface area contributed by atoms with Crippen molar-refractivity contribution < 1.29 is 9.53 Å². The van der Waals surface area contributed by atoms with Gasteiger partial charge < -0.3 is 14.5 Å². The number of methoxy groups -OCH3 is 1. The van der Waals surface area contributed by atoms with Crippen molar-refractivity contribution in [3.05, 3.63) is 66.0 Å². The van der Waals surface area contributed by atoms with Crippen molar-refractivity contribution in [1.82, 2.24) is 19.7 Å². The highest BCUT2D eigenvalue weighted by Gasteiger charge is 2.34. The molecule has 2 aliphatic rings. The van der Waals surface area contributed by atoms with Gasteiger partial charge in [-0.25, -0.2) is 0 Å². The van der Waals surface area contributed by atoms with E-state index in [1.807, 2.05) is 17.2 Å². The third-order valence-electron chi connectivity index (χ3n) is 7.98. The molecule has 0 aliphatic carbocycles. The van der Waals surface area contributed by atoms with Gasteiger partial charge in [-0.15, -0.1) is 0 Å². The number of amides is 1. The number of likely N-dealkylation sites (tertiary alicyclic amines) is 2. The van der Waals surface area contributed by atoms with E-state index in [-0.39, 0.29) is 5.91 Å². The van der Waals surface area contributed by atoms with Gasteiger partial charge in [-0.05, 0) is 68.8 Å². The summed E-state index contributed by atoms with van der Waals surface area (Å²) in [5.41, 5.74) is 2.52. The molecule has 2 saturated heterocycles. The van der Waals surface area contributed by atoms with Crippen LogP contribution in [-0.2, 0) is 22.5 Å². The lowest BCUT2D eigenvalue weighted by molar-refractivity contribution is -0.130. The summed E-state index contributed by atoms with van der Waals surface area (Å²) in [6.45, 7) is 8.31. The molecule has 1 aromatic carbocycles.